The first-order chi connectivity index (χ1) is 9.40. The number of ketones is 1. The molecule has 1 aromatic carbocycles. The summed E-state index contributed by atoms with van der Waals surface area (Å²) in [4.78, 5) is 24.2. The number of rotatable bonds is 4. The minimum Gasteiger partial charge on any atom is -0.331 e. The number of benzene rings is 1. The van der Waals surface area contributed by atoms with Crippen molar-refractivity contribution in [3.63, 3.8) is 0 Å². The van der Waals surface area contributed by atoms with E-state index in [4.69, 9.17) is 0 Å². The maximum absolute atomic E-state index is 11.4. The van der Waals surface area contributed by atoms with Crippen LogP contribution in [0.1, 0.15) is 22.2 Å². The summed E-state index contributed by atoms with van der Waals surface area (Å²) in [5, 5.41) is 11.6. The minimum atomic E-state index is -0.455. The largest absolute Gasteiger partial charge is 0.331 e. The molecule has 0 bridgehead atoms. The van der Waals surface area contributed by atoms with Gasteiger partial charge in [0.05, 0.1) is 9.80 Å². The molecule has 6 heteroatoms. The molecule has 0 amide bonds. The highest BCUT2D eigenvalue weighted by Gasteiger charge is 2.24. The number of nitrogens with zero attached hydrogens (tertiary/aromatic N) is 2. The third kappa shape index (κ3) is 2.70. The van der Waals surface area contributed by atoms with Gasteiger partial charge in [-0.2, -0.15) is 0 Å². The highest BCUT2D eigenvalue weighted by Crippen LogP contribution is 2.40. The second-order valence-corrected chi connectivity index (χ2v) is 5.54. The smallest absolute Gasteiger partial charge is 0.304 e. The number of anilines is 2. The van der Waals surface area contributed by atoms with Crippen molar-refractivity contribution in [1.29, 1.82) is 0 Å². The average molecular weight is 290 g/mol. The van der Waals surface area contributed by atoms with E-state index in [-0.39, 0.29) is 11.5 Å². The van der Waals surface area contributed by atoms with Crippen LogP contribution in [0.4, 0.5) is 16.4 Å². The Morgan fingerprint density at radius 3 is 2.40 bits per heavy atom. The van der Waals surface area contributed by atoms with E-state index < -0.39 is 4.92 Å². The number of hydrogen-bond donors (Lipinski definition) is 0. The molecule has 0 N–H and O–H groups in total. The second kappa shape index (κ2) is 5.42. The molecule has 0 spiro atoms. The average Bonchev–Trinajstić information content (AvgIpc) is 2.84. The monoisotopic (exact) mass is 290 g/mol. The van der Waals surface area contributed by atoms with E-state index >= 15 is 0 Å². The number of hydrogen-bond acceptors (Lipinski definition) is 5. The van der Waals surface area contributed by atoms with Gasteiger partial charge in [-0.25, -0.2) is 0 Å². The molecular weight excluding hydrogens is 276 g/mol. The number of carbonyl (C=O) groups excluding carboxylic acids is 1. The Morgan fingerprint density at radius 2 is 1.90 bits per heavy atom. The molecule has 0 saturated heterocycles. The van der Waals surface area contributed by atoms with Gasteiger partial charge in [-0.05, 0) is 26.0 Å². The third-order valence-electron chi connectivity index (χ3n) is 2.96. The summed E-state index contributed by atoms with van der Waals surface area (Å²) in [5.41, 5.74) is 1.92. The first-order valence-corrected chi connectivity index (χ1v) is 6.81. The van der Waals surface area contributed by atoms with Crippen molar-refractivity contribution < 1.29 is 9.72 Å². The van der Waals surface area contributed by atoms with E-state index in [0.717, 1.165) is 22.6 Å². The summed E-state index contributed by atoms with van der Waals surface area (Å²) >= 11 is 1.14. The standard InChI is InChI=1S/C14H14N2O3S/c1-9-4-6-11(7-5-9)15(3)14-12(16(18)19)8-13(20-14)10(2)17/h4-8H,1-3H3. The van der Waals surface area contributed by atoms with Crippen molar-refractivity contribution >= 4 is 33.5 Å². The summed E-state index contributed by atoms with van der Waals surface area (Å²) < 4.78 is 0. The quantitative estimate of drug-likeness (QED) is 0.486. The minimum absolute atomic E-state index is 0.0386. The zero-order valence-electron chi connectivity index (χ0n) is 11.4. The summed E-state index contributed by atoms with van der Waals surface area (Å²) in [6.45, 7) is 3.39. The lowest BCUT2D eigenvalue weighted by Crippen LogP contribution is -2.09. The first kappa shape index (κ1) is 14.2. The Labute approximate surface area is 120 Å². The van der Waals surface area contributed by atoms with Gasteiger partial charge in [-0.15, -0.1) is 11.3 Å². The van der Waals surface area contributed by atoms with Crippen molar-refractivity contribution in [3.05, 3.63) is 50.9 Å². The molecule has 5 nitrogen and oxygen atoms in total. The maximum Gasteiger partial charge on any atom is 0.304 e. The number of thiophene rings is 1. The number of Topliss-reactive ketones (excluding diaryl/α,β-unsaturated/α-hetero) is 1. The van der Waals surface area contributed by atoms with Crippen molar-refractivity contribution in [2.45, 2.75) is 13.8 Å². The molecule has 0 radical (unpaired) electrons. The zero-order chi connectivity index (χ0) is 14.9. The van der Waals surface area contributed by atoms with E-state index in [1.54, 1.807) is 11.9 Å². The van der Waals surface area contributed by atoms with E-state index in [2.05, 4.69) is 0 Å². The van der Waals surface area contributed by atoms with Crippen molar-refractivity contribution in [2.24, 2.45) is 0 Å². The van der Waals surface area contributed by atoms with Gasteiger partial charge in [-0.1, -0.05) is 17.7 Å². The van der Waals surface area contributed by atoms with Crippen molar-refractivity contribution in [1.82, 2.24) is 0 Å². The predicted octanol–water partition coefficient (Wildman–Crippen LogP) is 3.94. The molecule has 2 rings (SSSR count). The van der Waals surface area contributed by atoms with Crippen LogP contribution >= 0.6 is 11.3 Å². The van der Waals surface area contributed by atoms with Gasteiger partial charge in [-0.3, -0.25) is 14.9 Å². The molecular formula is C14H14N2O3S. The molecule has 0 saturated carbocycles. The van der Waals surface area contributed by atoms with E-state index in [1.165, 1.54) is 13.0 Å². The SMILES string of the molecule is CC(=O)c1cc([N+](=O)[O-])c(N(C)c2ccc(C)cc2)s1. The van der Waals surface area contributed by atoms with E-state index in [0.29, 0.717) is 9.88 Å². The van der Waals surface area contributed by atoms with Crippen LogP contribution in [0.5, 0.6) is 0 Å². The summed E-state index contributed by atoms with van der Waals surface area (Å²) in [5.74, 6) is -0.165. The summed E-state index contributed by atoms with van der Waals surface area (Å²) in [7, 11) is 1.76. The van der Waals surface area contributed by atoms with Gasteiger partial charge >= 0.3 is 5.69 Å². The van der Waals surface area contributed by atoms with Crippen LogP contribution in [0.15, 0.2) is 30.3 Å². The molecule has 0 unspecified atom stereocenters. The molecule has 0 atom stereocenters. The van der Waals surface area contributed by atoms with Gasteiger partial charge in [0.1, 0.15) is 0 Å². The fourth-order valence-electron chi connectivity index (χ4n) is 1.80. The van der Waals surface area contributed by atoms with E-state index in [9.17, 15) is 14.9 Å². The topological polar surface area (TPSA) is 63.4 Å². The number of nitro groups is 1. The molecule has 1 aromatic heterocycles. The summed E-state index contributed by atoms with van der Waals surface area (Å²) in [6.07, 6.45) is 0. The molecule has 1 heterocycles. The van der Waals surface area contributed by atoms with Gasteiger partial charge in [0.2, 0.25) is 0 Å². The lowest BCUT2D eigenvalue weighted by atomic mass is 10.2. The van der Waals surface area contributed by atoms with Gasteiger partial charge in [0.15, 0.2) is 10.8 Å². The van der Waals surface area contributed by atoms with Crippen LogP contribution in [0.25, 0.3) is 0 Å². The number of aryl methyl sites for hydroxylation is 1. The van der Waals surface area contributed by atoms with Crippen molar-refractivity contribution in [3.8, 4) is 0 Å². The Morgan fingerprint density at radius 1 is 1.30 bits per heavy atom. The van der Waals surface area contributed by atoms with E-state index in [1.807, 2.05) is 31.2 Å². The third-order valence-corrected chi connectivity index (χ3v) is 4.26. The fourth-order valence-corrected chi connectivity index (χ4v) is 2.80. The van der Waals surface area contributed by atoms with Gasteiger partial charge in [0.25, 0.3) is 0 Å². The zero-order valence-corrected chi connectivity index (χ0v) is 12.2. The Bertz CT molecular complexity index is 662. The maximum atomic E-state index is 11.4. The lowest BCUT2D eigenvalue weighted by Gasteiger charge is -2.16. The highest BCUT2D eigenvalue weighted by molar-refractivity contribution is 7.18. The molecule has 0 fully saturated rings. The van der Waals surface area contributed by atoms with Crippen LogP contribution in [-0.2, 0) is 0 Å². The van der Waals surface area contributed by atoms with Crippen LogP contribution < -0.4 is 4.90 Å². The normalized spacial score (nSPS) is 10.3. The summed E-state index contributed by atoms with van der Waals surface area (Å²) in [6, 6.07) is 9.01. The van der Waals surface area contributed by atoms with Crippen LogP contribution in [0.2, 0.25) is 0 Å². The molecule has 104 valence electrons. The fraction of sp³-hybridized carbons (Fsp3) is 0.214. The van der Waals surface area contributed by atoms with Crippen LogP contribution in [0.3, 0.4) is 0 Å². The molecule has 0 aliphatic carbocycles. The highest BCUT2D eigenvalue weighted by atomic mass is 32.1. The Balaban J connectivity index is 2.47. The second-order valence-electron chi connectivity index (χ2n) is 4.51. The Hall–Kier alpha value is -2.21. The van der Waals surface area contributed by atoms with Gasteiger partial charge < -0.3 is 4.90 Å². The molecule has 2 aromatic rings. The first-order valence-electron chi connectivity index (χ1n) is 5.99. The molecule has 0 aliphatic heterocycles. The predicted molar refractivity (Wildman–Crippen MR) is 80.2 cm³/mol. The molecule has 0 aliphatic rings. The Kier molecular flexibility index (Phi) is 3.85. The van der Waals surface area contributed by atoms with Crippen LogP contribution in [0, 0.1) is 17.0 Å². The lowest BCUT2D eigenvalue weighted by molar-refractivity contribution is -0.383. The number of carbonyl (C=O) groups is 1. The molecule has 20 heavy (non-hydrogen) atoms. The van der Waals surface area contributed by atoms with Crippen molar-refractivity contribution in [2.75, 3.05) is 11.9 Å². The van der Waals surface area contributed by atoms with Gasteiger partial charge in [0, 0.05) is 18.8 Å². The van der Waals surface area contributed by atoms with Crippen LogP contribution in [-0.4, -0.2) is 17.8 Å².